The molecule has 1 N–H and O–H groups in total. The third-order valence-electron chi connectivity index (χ3n) is 1.66. The molecule has 94 valence electrons. The van der Waals surface area contributed by atoms with E-state index in [1.807, 2.05) is 0 Å². The fraction of sp³-hybridized carbons (Fsp3) is 0.778. The van der Waals surface area contributed by atoms with Gasteiger partial charge in [-0.2, -0.15) is 0 Å². The number of rotatable bonds is 7. The fourth-order valence-electron chi connectivity index (χ4n) is 0.659. The molecule has 0 spiro atoms. The van der Waals surface area contributed by atoms with Crippen LogP contribution in [0, 0.1) is 5.41 Å². The first-order chi connectivity index (χ1) is 7.40. The molecule has 0 amide bonds. The summed E-state index contributed by atoms with van der Waals surface area (Å²) in [7, 11) is 0. The number of ether oxygens (including phenoxy) is 3. The maximum atomic E-state index is 10.7. The summed E-state index contributed by atoms with van der Waals surface area (Å²) in [6, 6.07) is -0.272. The van der Waals surface area contributed by atoms with E-state index in [-0.39, 0.29) is 25.9 Å². The molecular formula is C9H15ClO6. The van der Waals surface area contributed by atoms with Crippen molar-refractivity contribution >= 4 is 23.7 Å². The number of halogens is 1. The van der Waals surface area contributed by atoms with Crippen LogP contribution >= 0.6 is 11.6 Å². The molecule has 0 fully saturated rings. The SMILES string of the molecule is CC(C)(COCCOC(=O)OCCl)C(=O)O. The van der Waals surface area contributed by atoms with Gasteiger partial charge in [0, 0.05) is 0 Å². The number of hydrogen-bond acceptors (Lipinski definition) is 5. The van der Waals surface area contributed by atoms with Crippen LogP contribution < -0.4 is 0 Å². The van der Waals surface area contributed by atoms with Gasteiger partial charge in [-0.05, 0) is 13.8 Å². The van der Waals surface area contributed by atoms with Gasteiger partial charge in [0.2, 0.25) is 0 Å². The average Bonchev–Trinajstić information content (AvgIpc) is 2.17. The van der Waals surface area contributed by atoms with Crippen LogP contribution in [0.5, 0.6) is 0 Å². The van der Waals surface area contributed by atoms with Gasteiger partial charge in [-0.3, -0.25) is 4.79 Å². The minimum atomic E-state index is -0.962. The highest BCUT2D eigenvalue weighted by atomic mass is 35.5. The summed E-state index contributed by atoms with van der Waals surface area (Å²) in [6.07, 6.45) is -0.879. The summed E-state index contributed by atoms with van der Waals surface area (Å²) in [6.45, 7) is 3.21. The standard InChI is InChI=1S/C9H15ClO6/c1-9(2,7(11)12)5-14-3-4-15-8(13)16-6-10/h3-6H2,1-2H3,(H,11,12). The first-order valence-electron chi connectivity index (χ1n) is 4.57. The van der Waals surface area contributed by atoms with Crippen LogP contribution in [-0.4, -0.2) is 43.1 Å². The molecule has 0 heterocycles. The van der Waals surface area contributed by atoms with E-state index in [0.717, 1.165) is 0 Å². The second-order valence-electron chi connectivity index (χ2n) is 3.59. The Bertz CT molecular complexity index is 240. The summed E-state index contributed by atoms with van der Waals surface area (Å²) in [5.74, 6) is -0.949. The Morgan fingerprint density at radius 3 is 2.38 bits per heavy atom. The van der Waals surface area contributed by atoms with Crippen LogP contribution in [0.4, 0.5) is 4.79 Å². The molecule has 0 aromatic rings. The van der Waals surface area contributed by atoms with Crippen molar-refractivity contribution < 1.29 is 28.9 Å². The van der Waals surface area contributed by atoms with E-state index in [2.05, 4.69) is 9.47 Å². The molecular weight excluding hydrogens is 240 g/mol. The highest BCUT2D eigenvalue weighted by Crippen LogP contribution is 2.14. The predicted octanol–water partition coefficient (Wildman–Crippen LogP) is 1.46. The van der Waals surface area contributed by atoms with Crippen LogP contribution in [0.25, 0.3) is 0 Å². The normalized spacial score (nSPS) is 10.9. The van der Waals surface area contributed by atoms with Gasteiger partial charge in [-0.15, -0.1) is 0 Å². The third kappa shape index (κ3) is 6.47. The molecule has 0 radical (unpaired) electrons. The number of carboxylic acid groups (broad SMARTS) is 1. The minimum Gasteiger partial charge on any atom is -0.481 e. The Hall–Kier alpha value is -1.01. The second kappa shape index (κ2) is 7.29. The second-order valence-corrected chi connectivity index (χ2v) is 3.81. The zero-order valence-corrected chi connectivity index (χ0v) is 9.95. The van der Waals surface area contributed by atoms with E-state index in [9.17, 15) is 9.59 Å². The lowest BCUT2D eigenvalue weighted by Gasteiger charge is -2.18. The van der Waals surface area contributed by atoms with Gasteiger partial charge in [-0.25, -0.2) is 4.79 Å². The fourth-order valence-corrected chi connectivity index (χ4v) is 0.748. The van der Waals surface area contributed by atoms with Gasteiger partial charge in [0.15, 0.2) is 6.07 Å². The number of alkyl halides is 1. The Balaban J connectivity index is 3.54. The lowest BCUT2D eigenvalue weighted by molar-refractivity contribution is -0.150. The summed E-state index contributed by atoms with van der Waals surface area (Å²) in [5, 5.41) is 8.76. The van der Waals surface area contributed by atoms with Crippen LogP contribution in [0.2, 0.25) is 0 Å². The largest absolute Gasteiger partial charge is 0.509 e. The Kier molecular flexibility index (Phi) is 6.83. The van der Waals surface area contributed by atoms with Crippen molar-refractivity contribution in [2.45, 2.75) is 13.8 Å². The molecule has 0 aromatic carbocycles. The van der Waals surface area contributed by atoms with Crippen LogP contribution in [-0.2, 0) is 19.0 Å². The van der Waals surface area contributed by atoms with Gasteiger partial charge < -0.3 is 19.3 Å². The molecule has 16 heavy (non-hydrogen) atoms. The van der Waals surface area contributed by atoms with E-state index in [4.69, 9.17) is 21.4 Å². The smallest absolute Gasteiger partial charge is 0.481 e. The quantitative estimate of drug-likeness (QED) is 0.421. The topological polar surface area (TPSA) is 82.1 Å². The molecule has 0 aliphatic carbocycles. The Morgan fingerprint density at radius 1 is 1.25 bits per heavy atom. The molecule has 7 heteroatoms. The minimum absolute atomic E-state index is 0.00851. The Morgan fingerprint density at radius 2 is 1.88 bits per heavy atom. The van der Waals surface area contributed by atoms with Crippen molar-refractivity contribution in [2.24, 2.45) is 5.41 Å². The van der Waals surface area contributed by atoms with E-state index in [1.54, 1.807) is 0 Å². The van der Waals surface area contributed by atoms with Crippen LogP contribution in [0.15, 0.2) is 0 Å². The van der Waals surface area contributed by atoms with Crippen molar-refractivity contribution in [1.82, 2.24) is 0 Å². The maximum Gasteiger partial charge on any atom is 0.509 e. The molecule has 0 unspecified atom stereocenters. The lowest BCUT2D eigenvalue weighted by atomic mass is 9.95. The van der Waals surface area contributed by atoms with Crippen molar-refractivity contribution in [3.8, 4) is 0 Å². The third-order valence-corrected chi connectivity index (χ3v) is 1.77. The predicted molar refractivity (Wildman–Crippen MR) is 55.4 cm³/mol. The number of carboxylic acids is 1. The zero-order valence-electron chi connectivity index (χ0n) is 9.19. The number of carbonyl (C=O) groups excluding carboxylic acids is 1. The zero-order chi connectivity index (χ0) is 12.6. The maximum absolute atomic E-state index is 10.7. The summed E-state index contributed by atoms with van der Waals surface area (Å²) in [5.41, 5.74) is -0.962. The van der Waals surface area contributed by atoms with Crippen molar-refractivity contribution in [3.63, 3.8) is 0 Å². The van der Waals surface area contributed by atoms with Gasteiger partial charge in [0.25, 0.3) is 0 Å². The first-order valence-corrected chi connectivity index (χ1v) is 5.10. The van der Waals surface area contributed by atoms with Crippen molar-refractivity contribution in [2.75, 3.05) is 25.9 Å². The van der Waals surface area contributed by atoms with E-state index in [1.165, 1.54) is 13.8 Å². The molecule has 0 saturated heterocycles. The molecule has 0 aromatic heterocycles. The van der Waals surface area contributed by atoms with Gasteiger partial charge >= 0.3 is 12.1 Å². The molecule has 0 aliphatic rings. The van der Waals surface area contributed by atoms with E-state index < -0.39 is 17.5 Å². The van der Waals surface area contributed by atoms with E-state index in [0.29, 0.717) is 0 Å². The summed E-state index contributed by atoms with van der Waals surface area (Å²) < 4.78 is 13.9. The monoisotopic (exact) mass is 254 g/mol. The number of carbonyl (C=O) groups is 2. The summed E-state index contributed by atoms with van der Waals surface area (Å²) in [4.78, 5) is 21.3. The molecule has 0 atom stereocenters. The van der Waals surface area contributed by atoms with Crippen LogP contribution in [0.3, 0.4) is 0 Å². The van der Waals surface area contributed by atoms with Gasteiger partial charge in [0.1, 0.15) is 6.61 Å². The van der Waals surface area contributed by atoms with Gasteiger partial charge in [-0.1, -0.05) is 11.6 Å². The lowest BCUT2D eigenvalue weighted by Crippen LogP contribution is -2.30. The Labute approximate surface area is 98.4 Å². The van der Waals surface area contributed by atoms with Crippen molar-refractivity contribution in [3.05, 3.63) is 0 Å². The van der Waals surface area contributed by atoms with Crippen LogP contribution in [0.1, 0.15) is 13.8 Å². The highest BCUT2D eigenvalue weighted by Gasteiger charge is 2.27. The summed E-state index contributed by atoms with van der Waals surface area (Å²) >= 11 is 5.11. The molecule has 0 bridgehead atoms. The molecule has 6 nitrogen and oxygen atoms in total. The highest BCUT2D eigenvalue weighted by molar-refractivity contribution is 6.17. The molecule has 0 rings (SSSR count). The van der Waals surface area contributed by atoms with E-state index >= 15 is 0 Å². The number of aliphatic carboxylic acids is 1. The van der Waals surface area contributed by atoms with Gasteiger partial charge in [0.05, 0.1) is 18.6 Å². The molecule has 0 saturated carbocycles. The molecule has 0 aliphatic heterocycles. The number of hydrogen-bond donors (Lipinski definition) is 1. The first kappa shape index (κ1) is 15.0. The van der Waals surface area contributed by atoms with Crippen molar-refractivity contribution in [1.29, 1.82) is 0 Å². The average molecular weight is 255 g/mol.